The molecule has 0 radical (unpaired) electrons. The van der Waals surface area contributed by atoms with Gasteiger partial charge in [-0.1, -0.05) is 142 Å². The highest BCUT2D eigenvalue weighted by Crippen LogP contribution is 2.15. The van der Waals surface area contributed by atoms with Crippen molar-refractivity contribution in [3.63, 3.8) is 0 Å². The lowest BCUT2D eigenvalue weighted by Gasteiger charge is -2.26. The fourth-order valence-corrected chi connectivity index (χ4v) is 10.6. The molecule has 17 N–H and O–H groups in total. The van der Waals surface area contributed by atoms with Gasteiger partial charge < -0.3 is 64.0 Å². The Morgan fingerprint density at radius 2 is 0.779 bits per heavy atom. The summed E-state index contributed by atoms with van der Waals surface area (Å²) in [6.45, 7) is 10.1. The minimum atomic E-state index is -0.804. The van der Waals surface area contributed by atoms with Gasteiger partial charge in [-0.3, -0.25) is 29.4 Å². The van der Waals surface area contributed by atoms with Crippen molar-refractivity contribution in [1.29, 1.82) is 0 Å². The molecule has 0 aliphatic rings. The lowest BCUT2D eigenvalue weighted by Crippen LogP contribution is -2.57. The van der Waals surface area contributed by atoms with E-state index < -0.39 is 30.2 Å². The molecule has 0 bridgehead atoms. The highest BCUT2D eigenvalue weighted by molar-refractivity contribution is 5.90. The molecule has 0 heterocycles. The van der Waals surface area contributed by atoms with Gasteiger partial charge in [-0.15, -0.1) is 0 Å². The third kappa shape index (κ3) is 47.5. The van der Waals surface area contributed by atoms with Crippen LogP contribution in [-0.2, 0) is 33.6 Å². The number of nitrogens with zero attached hydrogens (tertiary/aromatic N) is 2. The summed E-state index contributed by atoms with van der Waals surface area (Å²) in [6, 6.07) is -2.88. The van der Waals surface area contributed by atoms with Crippen LogP contribution in [0.2, 0.25) is 0 Å². The SMILES string of the molecule is CCCCCCCCCCCC(=O)N(CCCCN(CCCNC(=O)[C@H](CCCCN)NC(=O)[C@H](CCCCN)NN[C@@H](C=O)CCCCN)C(=O)CCCCCCCCCCC)CCCNN[C@@H](CCCCN)C(=O)CN[C@@H](C=O)CCCCN. The molecule has 0 saturated heterocycles. The van der Waals surface area contributed by atoms with Crippen LogP contribution in [0.3, 0.4) is 0 Å². The average Bonchev–Trinajstić information content (AvgIpc) is 3.73. The minimum absolute atomic E-state index is 0.0330. The van der Waals surface area contributed by atoms with Gasteiger partial charge in [-0.05, 0) is 142 Å². The van der Waals surface area contributed by atoms with Crippen molar-refractivity contribution < 1.29 is 33.6 Å². The van der Waals surface area contributed by atoms with E-state index in [-0.39, 0.29) is 36.0 Å². The van der Waals surface area contributed by atoms with Crippen molar-refractivity contribution in [1.82, 2.24) is 47.5 Å². The standard InChI is InChI=1S/C65H132N14O7/c1-3-5-7-9-11-13-15-17-19-40-62(83)78(51-33-47-71-64(85)59(38-24-29-45-69)74-65(86)60(39-25-30-46-70)77-75-57(55-81)36-22-27-43-67)49-31-32-50-79(63(84)41-20-18-16-14-12-10-8-6-4-2)52-34-48-73-76-58(37-23-28-44-68)61(82)53-72-56(54-80)35-21-26-42-66/h54-60,72-73,75-77H,3-53,66-70H2,1-2H3,(H,71,85)(H,74,86)/t56-,57-,58+,59+,60+/m1/s1. The molecule has 5 atom stereocenters. The smallest absolute Gasteiger partial charge is 0.242 e. The number of amides is 4. The maximum atomic E-state index is 14.0. The molecule has 0 spiro atoms. The van der Waals surface area contributed by atoms with Crippen LogP contribution in [0.4, 0.5) is 0 Å². The van der Waals surface area contributed by atoms with E-state index in [2.05, 4.69) is 51.5 Å². The Labute approximate surface area is 522 Å². The van der Waals surface area contributed by atoms with E-state index in [1.54, 1.807) is 0 Å². The van der Waals surface area contributed by atoms with Gasteiger partial charge in [0.05, 0.1) is 30.7 Å². The number of aldehydes is 2. The zero-order chi connectivity index (χ0) is 63.4. The number of hydrazine groups is 2. The Hall–Kier alpha value is -3.51. The molecular formula is C65H132N14O7. The summed E-state index contributed by atoms with van der Waals surface area (Å²) >= 11 is 0. The normalized spacial score (nSPS) is 13.2. The highest BCUT2D eigenvalue weighted by Gasteiger charge is 2.27. The number of hydrogen-bond donors (Lipinski definition) is 12. The van der Waals surface area contributed by atoms with Crippen LogP contribution in [0.5, 0.6) is 0 Å². The first-order chi connectivity index (χ1) is 42.0. The predicted molar refractivity (Wildman–Crippen MR) is 352 cm³/mol. The van der Waals surface area contributed by atoms with Crippen molar-refractivity contribution in [2.75, 3.05) is 78.5 Å². The molecule has 21 nitrogen and oxygen atoms in total. The van der Waals surface area contributed by atoms with Crippen LogP contribution < -0.4 is 66.3 Å². The van der Waals surface area contributed by atoms with E-state index in [1.807, 2.05) is 9.80 Å². The zero-order valence-corrected chi connectivity index (χ0v) is 54.7. The van der Waals surface area contributed by atoms with Crippen molar-refractivity contribution in [2.45, 2.75) is 294 Å². The predicted octanol–water partition coefficient (Wildman–Crippen LogP) is 6.51. The minimum Gasteiger partial charge on any atom is -0.354 e. The van der Waals surface area contributed by atoms with Crippen LogP contribution in [-0.4, -0.2) is 161 Å². The van der Waals surface area contributed by atoms with E-state index in [4.69, 9.17) is 28.7 Å². The van der Waals surface area contributed by atoms with Gasteiger partial charge in [0.15, 0.2) is 5.78 Å². The Kier molecular flexibility index (Phi) is 59.2. The summed E-state index contributed by atoms with van der Waals surface area (Å²) in [5, 5.41) is 9.15. The van der Waals surface area contributed by atoms with Gasteiger partial charge in [0.1, 0.15) is 18.6 Å². The number of nitrogens with one attached hydrogen (secondary N) is 7. The maximum absolute atomic E-state index is 14.0. The third-order valence-corrected chi connectivity index (χ3v) is 16.1. The number of carbonyl (C=O) groups excluding carboxylic acids is 7. The van der Waals surface area contributed by atoms with E-state index in [1.165, 1.54) is 77.0 Å². The molecule has 0 aliphatic carbocycles. The first kappa shape index (κ1) is 82.5. The van der Waals surface area contributed by atoms with Gasteiger partial charge in [0.25, 0.3) is 0 Å². The summed E-state index contributed by atoms with van der Waals surface area (Å²) in [5.74, 6) is -0.446. The van der Waals surface area contributed by atoms with Crippen LogP contribution >= 0.6 is 0 Å². The molecule has 0 aromatic heterocycles. The number of hydrogen-bond acceptors (Lipinski definition) is 17. The van der Waals surface area contributed by atoms with Gasteiger partial charge in [0, 0.05) is 52.1 Å². The third-order valence-electron chi connectivity index (χ3n) is 16.1. The average molecular weight is 1220 g/mol. The fraction of sp³-hybridized carbons (Fsp3) is 0.892. The van der Waals surface area contributed by atoms with Crippen molar-refractivity contribution in [3.05, 3.63) is 0 Å². The molecule has 0 aromatic rings. The van der Waals surface area contributed by atoms with Gasteiger partial charge in [-0.2, -0.15) is 0 Å². The molecule has 0 aromatic carbocycles. The molecule has 504 valence electrons. The second-order valence-corrected chi connectivity index (χ2v) is 23.9. The Bertz CT molecular complexity index is 1640. The number of unbranched alkanes of at least 4 members (excludes halogenated alkanes) is 22. The van der Waals surface area contributed by atoms with Crippen molar-refractivity contribution in [3.8, 4) is 0 Å². The molecule has 0 saturated carbocycles. The van der Waals surface area contributed by atoms with Crippen LogP contribution in [0.1, 0.15) is 264 Å². The molecule has 0 unspecified atom stereocenters. The van der Waals surface area contributed by atoms with Gasteiger partial charge >= 0.3 is 0 Å². The second kappa shape index (κ2) is 61.7. The Morgan fingerprint density at radius 1 is 0.384 bits per heavy atom. The summed E-state index contributed by atoms with van der Waals surface area (Å²) in [7, 11) is 0. The monoisotopic (exact) mass is 1220 g/mol. The first-order valence-electron chi connectivity index (χ1n) is 34.8. The molecule has 0 rings (SSSR count). The molecule has 0 fully saturated rings. The largest absolute Gasteiger partial charge is 0.354 e. The lowest BCUT2D eigenvalue weighted by molar-refractivity contribution is -0.133. The van der Waals surface area contributed by atoms with Gasteiger partial charge in [-0.25, -0.2) is 16.3 Å². The number of nitrogens with two attached hydrogens (primary N) is 5. The Morgan fingerprint density at radius 3 is 1.23 bits per heavy atom. The maximum Gasteiger partial charge on any atom is 0.242 e. The van der Waals surface area contributed by atoms with Crippen LogP contribution in [0.15, 0.2) is 0 Å². The molecule has 4 amide bonds. The number of Topliss-reactive ketones (excluding diaryl/α,β-unsaturated/α-hetero) is 1. The quantitative estimate of drug-likeness (QED) is 0.0175. The van der Waals surface area contributed by atoms with E-state index in [0.29, 0.717) is 155 Å². The molecule has 21 heteroatoms. The topological polar surface area (TPSA) is 340 Å². The first-order valence-corrected chi connectivity index (χ1v) is 34.8. The summed E-state index contributed by atoms with van der Waals surface area (Å²) in [5.41, 5.74) is 41.3. The lowest BCUT2D eigenvalue weighted by atomic mass is 10.0. The fourth-order valence-electron chi connectivity index (χ4n) is 10.6. The summed E-state index contributed by atoms with van der Waals surface area (Å²) < 4.78 is 0. The summed E-state index contributed by atoms with van der Waals surface area (Å²) in [4.78, 5) is 96.5. The van der Waals surface area contributed by atoms with Gasteiger partial charge in [0.2, 0.25) is 23.6 Å². The zero-order valence-electron chi connectivity index (χ0n) is 54.7. The highest BCUT2D eigenvalue weighted by atomic mass is 16.2. The summed E-state index contributed by atoms with van der Waals surface area (Å²) in [6.07, 6.45) is 36.3. The number of carbonyl (C=O) groups is 7. The molecule has 86 heavy (non-hydrogen) atoms. The van der Waals surface area contributed by atoms with E-state index in [0.717, 1.165) is 102 Å². The second-order valence-electron chi connectivity index (χ2n) is 23.9. The van der Waals surface area contributed by atoms with Crippen LogP contribution in [0, 0.1) is 0 Å². The number of ketones is 1. The van der Waals surface area contributed by atoms with Crippen LogP contribution in [0.25, 0.3) is 0 Å². The van der Waals surface area contributed by atoms with Crippen molar-refractivity contribution in [2.24, 2.45) is 28.7 Å². The molecular weight excluding hydrogens is 1090 g/mol. The molecule has 0 aliphatic heterocycles. The van der Waals surface area contributed by atoms with Crippen molar-refractivity contribution >= 4 is 42.0 Å². The Balaban J connectivity index is 6.06. The van der Waals surface area contributed by atoms with E-state index in [9.17, 15) is 33.6 Å². The number of rotatable bonds is 67. The van der Waals surface area contributed by atoms with E-state index >= 15 is 0 Å².